The SMILES string of the molecule is COc1ccc(C(c2cnc3ccccc3c2)N2CCNCC2)cc1OC. The van der Waals surface area contributed by atoms with Crippen LogP contribution in [0.15, 0.2) is 54.7 Å². The topological polar surface area (TPSA) is 46.6 Å². The number of aromatic nitrogens is 1. The molecule has 5 heteroatoms. The monoisotopic (exact) mass is 363 g/mol. The summed E-state index contributed by atoms with van der Waals surface area (Å²) >= 11 is 0. The lowest BCUT2D eigenvalue weighted by Crippen LogP contribution is -2.45. The highest BCUT2D eigenvalue weighted by atomic mass is 16.5. The maximum Gasteiger partial charge on any atom is 0.161 e. The summed E-state index contributed by atoms with van der Waals surface area (Å²) in [7, 11) is 3.34. The van der Waals surface area contributed by atoms with Gasteiger partial charge in [-0.1, -0.05) is 24.3 Å². The van der Waals surface area contributed by atoms with Crippen LogP contribution in [0.25, 0.3) is 10.9 Å². The van der Waals surface area contributed by atoms with Crippen LogP contribution in [0.4, 0.5) is 0 Å². The summed E-state index contributed by atoms with van der Waals surface area (Å²) in [5.74, 6) is 1.50. The van der Waals surface area contributed by atoms with Crippen molar-refractivity contribution in [3.63, 3.8) is 0 Å². The molecule has 1 N–H and O–H groups in total. The minimum atomic E-state index is 0.129. The van der Waals surface area contributed by atoms with Crippen LogP contribution in [0.3, 0.4) is 0 Å². The van der Waals surface area contributed by atoms with Crippen LogP contribution in [0, 0.1) is 0 Å². The smallest absolute Gasteiger partial charge is 0.161 e. The van der Waals surface area contributed by atoms with Crippen LogP contribution in [0.2, 0.25) is 0 Å². The van der Waals surface area contributed by atoms with E-state index in [2.05, 4.69) is 46.6 Å². The molecule has 0 aliphatic carbocycles. The number of para-hydroxylation sites is 1. The molecule has 1 unspecified atom stereocenters. The van der Waals surface area contributed by atoms with E-state index in [4.69, 9.17) is 14.5 Å². The number of pyridine rings is 1. The van der Waals surface area contributed by atoms with Crippen LogP contribution in [0.5, 0.6) is 11.5 Å². The van der Waals surface area contributed by atoms with Crippen molar-refractivity contribution in [2.24, 2.45) is 0 Å². The van der Waals surface area contributed by atoms with Crippen molar-refractivity contribution < 1.29 is 9.47 Å². The number of hydrogen-bond donors (Lipinski definition) is 1. The highest BCUT2D eigenvalue weighted by Crippen LogP contribution is 2.35. The highest BCUT2D eigenvalue weighted by Gasteiger charge is 2.25. The van der Waals surface area contributed by atoms with Gasteiger partial charge in [0.25, 0.3) is 0 Å². The van der Waals surface area contributed by atoms with E-state index in [0.29, 0.717) is 0 Å². The first-order valence-electron chi connectivity index (χ1n) is 9.31. The van der Waals surface area contributed by atoms with E-state index in [1.807, 2.05) is 18.3 Å². The van der Waals surface area contributed by atoms with E-state index < -0.39 is 0 Å². The lowest BCUT2D eigenvalue weighted by atomic mass is 9.96. The second-order valence-corrected chi connectivity index (χ2v) is 6.76. The molecule has 1 aliphatic heterocycles. The van der Waals surface area contributed by atoms with Gasteiger partial charge in [0, 0.05) is 37.8 Å². The fourth-order valence-electron chi connectivity index (χ4n) is 3.81. The molecule has 1 atom stereocenters. The van der Waals surface area contributed by atoms with E-state index in [9.17, 15) is 0 Å². The second kappa shape index (κ2) is 7.94. The second-order valence-electron chi connectivity index (χ2n) is 6.76. The third kappa shape index (κ3) is 3.61. The van der Waals surface area contributed by atoms with E-state index in [1.165, 1.54) is 11.1 Å². The van der Waals surface area contributed by atoms with Gasteiger partial charge in [0.05, 0.1) is 25.8 Å². The minimum Gasteiger partial charge on any atom is -0.493 e. The van der Waals surface area contributed by atoms with E-state index >= 15 is 0 Å². The summed E-state index contributed by atoms with van der Waals surface area (Å²) in [5.41, 5.74) is 3.40. The maximum absolute atomic E-state index is 5.55. The summed E-state index contributed by atoms with van der Waals surface area (Å²) in [6, 6.07) is 16.8. The van der Waals surface area contributed by atoms with Crippen molar-refractivity contribution in [3.8, 4) is 11.5 Å². The Balaban J connectivity index is 1.80. The first kappa shape index (κ1) is 17.8. The normalized spacial score (nSPS) is 16.2. The van der Waals surface area contributed by atoms with Gasteiger partial charge in [0.15, 0.2) is 11.5 Å². The van der Waals surface area contributed by atoms with Crippen molar-refractivity contribution in [2.45, 2.75) is 6.04 Å². The van der Waals surface area contributed by atoms with Gasteiger partial charge < -0.3 is 14.8 Å². The molecular weight excluding hydrogens is 338 g/mol. The predicted molar refractivity (Wildman–Crippen MR) is 108 cm³/mol. The summed E-state index contributed by atoms with van der Waals surface area (Å²) < 4.78 is 11.0. The average molecular weight is 363 g/mol. The number of hydrogen-bond acceptors (Lipinski definition) is 5. The standard InChI is InChI=1S/C22H25N3O2/c1-26-20-8-7-17(14-21(20)27-2)22(25-11-9-23-10-12-25)18-13-16-5-3-4-6-19(16)24-15-18/h3-8,13-15,22-23H,9-12H2,1-2H3. The van der Waals surface area contributed by atoms with Gasteiger partial charge in [-0.2, -0.15) is 0 Å². The fraction of sp³-hybridized carbons (Fsp3) is 0.318. The van der Waals surface area contributed by atoms with E-state index in [0.717, 1.165) is 48.6 Å². The number of methoxy groups -OCH3 is 2. The first-order chi connectivity index (χ1) is 13.3. The van der Waals surface area contributed by atoms with Gasteiger partial charge in [-0.25, -0.2) is 0 Å². The molecule has 1 aliphatic rings. The lowest BCUT2D eigenvalue weighted by molar-refractivity contribution is 0.198. The van der Waals surface area contributed by atoms with Gasteiger partial charge in [-0.3, -0.25) is 9.88 Å². The summed E-state index contributed by atoms with van der Waals surface area (Å²) in [5, 5.41) is 4.60. The third-order valence-corrected chi connectivity index (χ3v) is 5.17. The zero-order chi connectivity index (χ0) is 18.6. The first-order valence-corrected chi connectivity index (χ1v) is 9.31. The Labute approximate surface area is 159 Å². The van der Waals surface area contributed by atoms with Crippen molar-refractivity contribution >= 4 is 10.9 Å². The minimum absolute atomic E-state index is 0.129. The molecule has 2 aromatic carbocycles. The Bertz CT molecular complexity index is 922. The molecule has 27 heavy (non-hydrogen) atoms. The lowest BCUT2D eigenvalue weighted by Gasteiger charge is -2.35. The highest BCUT2D eigenvalue weighted by molar-refractivity contribution is 5.79. The average Bonchev–Trinajstić information content (AvgIpc) is 2.74. The molecule has 5 nitrogen and oxygen atoms in total. The van der Waals surface area contributed by atoms with Crippen LogP contribution in [0.1, 0.15) is 17.2 Å². The van der Waals surface area contributed by atoms with Crippen LogP contribution in [-0.4, -0.2) is 50.3 Å². The molecule has 1 aromatic heterocycles. The van der Waals surface area contributed by atoms with Gasteiger partial charge in [-0.15, -0.1) is 0 Å². The molecule has 1 fully saturated rings. The Kier molecular flexibility index (Phi) is 5.23. The molecule has 0 bridgehead atoms. The quantitative estimate of drug-likeness (QED) is 0.754. The van der Waals surface area contributed by atoms with Crippen molar-refractivity contribution in [1.29, 1.82) is 0 Å². The molecule has 2 heterocycles. The van der Waals surface area contributed by atoms with Crippen LogP contribution >= 0.6 is 0 Å². The Morgan fingerprint density at radius 2 is 1.70 bits per heavy atom. The Morgan fingerprint density at radius 3 is 2.48 bits per heavy atom. The molecular formula is C22H25N3O2. The van der Waals surface area contributed by atoms with Crippen molar-refractivity contribution in [1.82, 2.24) is 15.2 Å². The number of nitrogens with zero attached hydrogens (tertiary/aromatic N) is 2. The molecule has 140 valence electrons. The van der Waals surface area contributed by atoms with Gasteiger partial charge >= 0.3 is 0 Å². The molecule has 1 saturated heterocycles. The fourth-order valence-corrected chi connectivity index (χ4v) is 3.81. The maximum atomic E-state index is 5.55. The molecule has 4 rings (SSSR count). The van der Waals surface area contributed by atoms with Gasteiger partial charge in [0.1, 0.15) is 0 Å². The molecule has 0 spiro atoms. The molecule has 0 amide bonds. The Hall–Kier alpha value is -2.63. The third-order valence-electron chi connectivity index (χ3n) is 5.17. The number of rotatable bonds is 5. The zero-order valence-electron chi connectivity index (χ0n) is 15.8. The number of ether oxygens (including phenoxy) is 2. The van der Waals surface area contributed by atoms with Crippen molar-refractivity contribution in [3.05, 3.63) is 65.9 Å². The number of nitrogens with one attached hydrogen (secondary N) is 1. The number of piperazine rings is 1. The Morgan fingerprint density at radius 1 is 0.926 bits per heavy atom. The summed E-state index contributed by atoms with van der Waals surface area (Å²) in [6.07, 6.45) is 2.01. The van der Waals surface area contributed by atoms with Gasteiger partial charge in [-0.05, 0) is 35.4 Å². The molecule has 0 saturated carbocycles. The molecule has 0 radical (unpaired) electrons. The van der Waals surface area contributed by atoms with E-state index in [1.54, 1.807) is 14.2 Å². The van der Waals surface area contributed by atoms with E-state index in [-0.39, 0.29) is 6.04 Å². The summed E-state index contributed by atoms with van der Waals surface area (Å²) in [6.45, 7) is 3.97. The molecule has 3 aromatic rings. The van der Waals surface area contributed by atoms with Crippen molar-refractivity contribution in [2.75, 3.05) is 40.4 Å². The predicted octanol–water partition coefficient (Wildman–Crippen LogP) is 3.25. The van der Waals surface area contributed by atoms with Crippen LogP contribution in [-0.2, 0) is 0 Å². The summed E-state index contributed by atoms with van der Waals surface area (Å²) in [4.78, 5) is 7.20. The zero-order valence-corrected chi connectivity index (χ0v) is 15.8. The van der Waals surface area contributed by atoms with Crippen LogP contribution < -0.4 is 14.8 Å². The van der Waals surface area contributed by atoms with Gasteiger partial charge in [0.2, 0.25) is 0 Å². The largest absolute Gasteiger partial charge is 0.493 e. The number of benzene rings is 2. The number of fused-ring (bicyclic) bond motifs is 1.